The molecule has 1 saturated carbocycles. The van der Waals surface area contributed by atoms with Gasteiger partial charge in [-0.3, -0.25) is 19.4 Å². The third-order valence-corrected chi connectivity index (χ3v) is 10.6. The SMILES string of the molecule is C=CC(=O)Nc1cc(CCc2cc(N3OCC[C@@H]3c3cc(F)cc(F)c3)ncn2)c(OC)cc1N1CCC(N2CCN(C3CC3)C[C@@H]2C)CC1. The Hall–Kier alpha value is -4.13. The highest BCUT2D eigenvalue weighted by molar-refractivity contribution is 6.01. The lowest BCUT2D eigenvalue weighted by atomic mass is 9.98. The first-order chi connectivity index (χ1) is 24.3. The molecular formula is C38H47F2N7O3. The van der Waals surface area contributed by atoms with Gasteiger partial charge in [-0.15, -0.1) is 0 Å². The van der Waals surface area contributed by atoms with Crippen LogP contribution in [-0.4, -0.2) is 90.2 Å². The van der Waals surface area contributed by atoms with Gasteiger partial charge in [0.05, 0.1) is 31.1 Å². The molecule has 0 spiro atoms. The van der Waals surface area contributed by atoms with Gasteiger partial charge in [-0.05, 0) is 80.9 Å². The number of nitrogens with zero attached hydrogens (tertiary/aromatic N) is 6. The second-order valence-electron chi connectivity index (χ2n) is 13.9. The number of benzene rings is 2. The van der Waals surface area contributed by atoms with Crippen LogP contribution in [0.5, 0.6) is 5.75 Å². The van der Waals surface area contributed by atoms with E-state index >= 15 is 0 Å². The number of halogens is 2. The van der Waals surface area contributed by atoms with Gasteiger partial charge in [0.15, 0.2) is 5.82 Å². The highest BCUT2D eigenvalue weighted by Crippen LogP contribution is 2.38. The van der Waals surface area contributed by atoms with Gasteiger partial charge in [-0.25, -0.2) is 23.8 Å². The number of hydrogen-bond donors (Lipinski definition) is 1. The minimum Gasteiger partial charge on any atom is -0.496 e. The van der Waals surface area contributed by atoms with E-state index in [-0.39, 0.29) is 11.9 Å². The monoisotopic (exact) mass is 687 g/mol. The molecule has 12 heteroatoms. The van der Waals surface area contributed by atoms with E-state index < -0.39 is 11.6 Å². The summed E-state index contributed by atoms with van der Waals surface area (Å²) in [5, 5.41) is 4.66. The maximum absolute atomic E-state index is 14.0. The van der Waals surface area contributed by atoms with Gasteiger partial charge >= 0.3 is 0 Å². The zero-order valence-corrected chi connectivity index (χ0v) is 29.0. The Labute approximate surface area is 293 Å². The third-order valence-electron chi connectivity index (χ3n) is 10.6. The van der Waals surface area contributed by atoms with Crippen LogP contribution in [0.1, 0.15) is 61.9 Å². The number of aryl methyl sites for hydroxylation is 2. The zero-order chi connectivity index (χ0) is 34.8. The van der Waals surface area contributed by atoms with Crippen LogP contribution in [0.3, 0.4) is 0 Å². The highest BCUT2D eigenvalue weighted by Gasteiger charge is 2.37. The minimum atomic E-state index is -0.629. The van der Waals surface area contributed by atoms with E-state index in [0.29, 0.717) is 49.3 Å². The average Bonchev–Trinajstić information content (AvgIpc) is 3.86. The molecule has 0 unspecified atom stereocenters. The van der Waals surface area contributed by atoms with E-state index in [0.717, 1.165) is 73.0 Å². The van der Waals surface area contributed by atoms with Gasteiger partial charge in [0.2, 0.25) is 5.91 Å². The summed E-state index contributed by atoms with van der Waals surface area (Å²) < 4.78 is 33.9. The largest absolute Gasteiger partial charge is 0.496 e. The molecule has 4 heterocycles. The number of carbonyl (C=O) groups is 1. The van der Waals surface area contributed by atoms with Crippen LogP contribution in [0.15, 0.2) is 55.4 Å². The molecule has 1 amide bonds. The molecule has 10 nitrogen and oxygen atoms in total. The van der Waals surface area contributed by atoms with Gasteiger partial charge in [0.1, 0.15) is 23.7 Å². The molecule has 0 radical (unpaired) electrons. The first-order valence-electron chi connectivity index (χ1n) is 17.9. The van der Waals surface area contributed by atoms with E-state index in [1.54, 1.807) is 12.2 Å². The smallest absolute Gasteiger partial charge is 0.247 e. The van der Waals surface area contributed by atoms with E-state index in [9.17, 15) is 13.6 Å². The summed E-state index contributed by atoms with van der Waals surface area (Å²) in [6.45, 7) is 11.7. The number of carbonyl (C=O) groups excluding carboxylic acids is 1. The molecule has 266 valence electrons. The van der Waals surface area contributed by atoms with Gasteiger partial charge in [-0.1, -0.05) is 6.58 Å². The second kappa shape index (κ2) is 15.0. The summed E-state index contributed by atoms with van der Waals surface area (Å²) in [5.41, 5.74) is 3.87. The van der Waals surface area contributed by atoms with Crippen LogP contribution in [0.2, 0.25) is 0 Å². The fourth-order valence-electron chi connectivity index (χ4n) is 7.97. The summed E-state index contributed by atoms with van der Waals surface area (Å²) in [5.74, 6) is -0.260. The molecular weight excluding hydrogens is 640 g/mol. The van der Waals surface area contributed by atoms with Crippen LogP contribution >= 0.6 is 0 Å². The molecule has 3 saturated heterocycles. The Morgan fingerprint density at radius 3 is 2.46 bits per heavy atom. The van der Waals surface area contributed by atoms with Crippen molar-refractivity contribution in [2.75, 3.05) is 61.7 Å². The fourth-order valence-corrected chi connectivity index (χ4v) is 7.97. The summed E-state index contributed by atoms with van der Waals surface area (Å²) in [7, 11) is 1.67. The Morgan fingerprint density at radius 2 is 1.76 bits per heavy atom. The van der Waals surface area contributed by atoms with Crippen molar-refractivity contribution in [2.45, 2.75) is 76.0 Å². The van der Waals surface area contributed by atoms with Crippen molar-refractivity contribution >= 4 is 23.1 Å². The lowest BCUT2D eigenvalue weighted by Gasteiger charge is -2.47. The maximum Gasteiger partial charge on any atom is 0.247 e. The van der Waals surface area contributed by atoms with Crippen molar-refractivity contribution in [1.82, 2.24) is 19.8 Å². The molecule has 1 aliphatic carbocycles. The number of aromatic nitrogens is 2. The van der Waals surface area contributed by atoms with Crippen molar-refractivity contribution in [2.24, 2.45) is 0 Å². The van der Waals surface area contributed by atoms with E-state index in [2.05, 4.69) is 43.5 Å². The molecule has 0 bridgehead atoms. The summed E-state index contributed by atoms with van der Waals surface area (Å²) >= 11 is 0. The molecule has 50 heavy (non-hydrogen) atoms. The van der Waals surface area contributed by atoms with Crippen molar-refractivity contribution < 1.29 is 23.1 Å². The van der Waals surface area contributed by atoms with Crippen LogP contribution in [0.4, 0.5) is 26.0 Å². The van der Waals surface area contributed by atoms with Crippen molar-refractivity contribution in [3.05, 3.63) is 83.8 Å². The van der Waals surface area contributed by atoms with Crippen molar-refractivity contribution in [3.63, 3.8) is 0 Å². The van der Waals surface area contributed by atoms with Crippen molar-refractivity contribution in [3.8, 4) is 5.75 Å². The van der Waals surface area contributed by atoms with E-state index in [4.69, 9.17) is 9.57 Å². The number of piperazine rings is 1. The first-order valence-corrected chi connectivity index (χ1v) is 17.9. The standard InChI is InChI=1S/C38H47F2N7O3/c1-4-38(48)43-33-19-26(5-6-30-21-37(42-24-41-30)47-34(11-16-50-47)27-17-28(39)20-29(40)18-27)36(49-3)22-35(33)44-12-9-32(10-13-44)46-15-14-45(23-25(46)2)31-7-8-31/h4,17-22,24-25,31-32,34H,1,5-16,23H2,2-3H3,(H,43,48)/t25-,34+/m0/s1. The molecule has 3 aromatic rings. The predicted octanol–water partition coefficient (Wildman–Crippen LogP) is 5.69. The van der Waals surface area contributed by atoms with Gasteiger partial charge in [0, 0.05) is 81.2 Å². The number of amides is 1. The zero-order valence-electron chi connectivity index (χ0n) is 29.0. The highest BCUT2D eigenvalue weighted by atomic mass is 19.1. The topological polar surface area (TPSA) is 86.3 Å². The Balaban J connectivity index is 1.05. The normalized spacial score (nSPS) is 22.2. The quantitative estimate of drug-likeness (QED) is 0.256. The van der Waals surface area contributed by atoms with Crippen LogP contribution in [0, 0.1) is 11.6 Å². The second-order valence-corrected chi connectivity index (χ2v) is 13.9. The van der Waals surface area contributed by atoms with Crippen LogP contribution in [-0.2, 0) is 22.5 Å². The molecule has 2 aromatic carbocycles. The summed E-state index contributed by atoms with van der Waals surface area (Å²) in [6.07, 6.45) is 9.33. The number of ether oxygens (including phenoxy) is 1. The average molecular weight is 688 g/mol. The molecule has 1 N–H and O–H groups in total. The lowest BCUT2D eigenvalue weighted by molar-refractivity contribution is -0.111. The molecule has 7 rings (SSSR count). The number of anilines is 3. The Morgan fingerprint density at radius 1 is 0.980 bits per heavy atom. The predicted molar refractivity (Wildman–Crippen MR) is 189 cm³/mol. The summed E-state index contributed by atoms with van der Waals surface area (Å²) in [6, 6.07) is 11.0. The van der Waals surface area contributed by atoms with Crippen LogP contribution < -0.4 is 20.0 Å². The Bertz CT molecular complexity index is 1680. The van der Waals surface area contributed by atoms with Crippen LogP contribution in [0.25, 0.3) is 0 Å². The maximum atomic E-state index is 14.0. The molecule has 3 aliphatic heterocycles. The van der Waals surface area contributed by atoms with Gasteiger partial charge in [0.25, 0.3) is 0 Å². The molecule has 1 aromatic heterocycles. The number of methoxy groups -OCH3 is 1. The minimum absolute atomic E-state index is 0.265. The fraction of sp³-hybridized carbons (Fsp3) is 0.500. The number of piperidine rings is 1. The Kier molecular flexibility index (Phi) is 10.3. The van der Waals surface area contributed by atoms with Gasteiger partial charge in [-0.2, -0.15) is 0 Å². The number of hydrogen-bond acceptors (Lipinski definition) is 9. The first kappa shape index (κ1) is 34.3. The number of rotatable bonds is 11. The van der Waals surface area contributed by atoms with E-state index in [1.807, 2.05) is 18.2 Å². The number of hydroxylamine groups is 1. The van der Waals surface area contributed by atoms with Gasteiger partial charge < -0.3 is 15.0 Å². The third kappa shape index (κ3) is 7.62. The molecule has 4 fully saturated rings. The van der Waals surface area contributed by atoms with Crippen molar-refractivity contribution in [1.29, 1.82) is 0 Å². The molecule has 2 atom stereocenters. The van der Waals surface area contributed by atoms with E-state index in [1.165, 1.54) is 50.5 Å². The number of nitrogens with one attached hydrogen (secondary N) is 1. The molecule has 4 aliphatic rings. The lowest BCUT2D eigenvalue weighted by Crippen LogP contribution is -2.57. The summed E-state index contributed by atoms with van der Waals surface area (Å²) in [4.78, 5) is 35.1.